The molecule has 2 fully saturated rings. The quantitative estimate of drug-likeness (QED) is 0.219. The molecule has 0 radical (unpaired) electrons. The van der Waals surface area contributed by atoms with Crippen LogP contribution in [0.2, 0.25) is 0 Å². The summed E-state index contributed by atoms with van der Waals surface area (Å²) in [6.45, 7) is 5.85. The lowest BCUT2D eigenvalue weighted by atomic mass is 9.90. The number of hydrogen-bond acceptors (Lipinski definition) is 7. The Labute approximate surface area is 213 Å². The molecule has 36 heavy (non-hydrogen) atoms. The molecule has 15 heteroatoms. The zero-order valence-corrected chi connectivity index (χ0v) is 22.3. The molecule has 0 saturated carbocycles. The summed E-state index contributed by atoms with van der Waals surface area (Å²) in [5, 5.41) is 14.0. The number of aliphatic hydroxyl groups excluding tert-OH is 1. The van der Waals surface area contributed by atoms with Gasteiger partial charge in [-0.1, -0.05) is 0 Å². The molecule has 1 aromatic heterocycles. The van der Waals surface area contributed by atoms with E-state index in [1.165, 1.54) is 7.05 Å². The minimum atomic E-state index is -4.60. The molecule has 0 amide bonds. The minimum absolute atomic E-state index is 0.00511. The Morgan fingerprint density at radius 3 is 2.64 bits per heavy atom. The van der Waals surface area contributed by atoms with E-state index in [0.29, 0.717) is 12.6 Å². The number of nitrogens with zero attached hydrogens (tertiary/aromatic N) is 2. The highest BCUT2D eigenvalue weighted by Crippen LogP contribution is 2.44. The van der Waals surface area contributed by atoms with Gasteiger partial charge < -0.3 is 24.4 Å². The van der Waals surface area contributed by atoms with Gasteiger partial charge in [-0.3, -0.25) is 19.7 Å². The van der Waals surface area contributed by atoms with Crippen molar-refractivity contribution >= 4 is 19.3 Å². The van der Waals surface area contributed by atoms with E-state index in [1.54, 1.807) is 0 Å². The van der Waals surface area contributed by atoms with Gasteiger partial charge in [0.1, 0.15) is 12.5 Å². The molecule has 3 unspecified atom stereocenters. The summed E-state index contributed by atoms with van der Waals surface area (Å²) in [6, 6.07) is 0. The number of aromatic amines is 1. The molecule has 3 rings (SSSR count). The van der Waals surface area contributed by atoms with E-state index in [4.69, 9.17) is 21.1 Å². The third-order valence-corrected chi connectivity index (χ3v) is 8.06. The van der Waals surface area contributed by atoms with Gasteiger partial charge in [0, 0.05) is 18.5 Å². The highest BCUT2D eigenvalue weighted by Gasteiger charge is 2.44. The van der Waals surface area contributed by atoms with E-state index in [1.807, 2.05) is 11.9 Å². The molecule has 0 bridgehead atoms. The number of H-pyrrole nitrogens is 1. The molecule has 1 aromatic rings. The predicted octanol–water partition coefficient (Wildman–Crippen LogP) is 1.000. The number of rotatable bonds is 9. The Morgan fingerprint density at radius 2 is 2.03 bits per heavy atom. The van der Waals surface area contributed by atoms with Crippen LogP contribution < -0.4 is 16.6 Å². The van der Waals surface area contributed by atoms with Crippen LogP contribution in [0.25, 0.3) is 0 Å². The van der Waals surface area contributed by atoms with Gasteiger partial charge in [0.2, 0.25) is 5.82 Å². The van der Waals surface area contributed by atoms with Crippen molar-refractivity contribution in [3.05, 3.63) is 32.9 Å². The summed E-state index contributed by atoms with van der Waals surface area (Å²) in [7, 11) is -3.35. The van der Waals surface area contributed by atoms with Crippen LogP contribution in [0.4, 0.5) is 4.39 Å². The topological polar surface area (TPSA) is 166 Å². The van der Waals surface area contributed by atoms with Crippen molar-refractivity contribution in [2.75, 3.05) is 13.6 Å². The van der Waals surface area contributed by atoms with Crippen LogP contribution in [0.5, 0.6) is 0 Å². The molecule has 3 heterocycles. The normalized spacial score (nSPS) is 30.4. The van der Waals surface area contributed by atoms with Crippen LogP contribution >= 0.6 is 19.3 Å². The van der Waals surface area contributed by atoms with Crippen LogP contribution in [-0.4, -0.2) is 77.7 Å². The van der Waals surface area contributed by atoms with E-state index in [9.17, 15) is 33.4 Å². The maximum absolute atomic E-state index is 13.8. The Bertz CT molecular complexity index is 1100. The fourth-order valence-corrected chi connectivity index (χ4v) is 5.94. The van der Waals surface area contributed by atoms with Gasteiger partial charge in [-0.2, -0.15) is 4.39 Å². The van der Waals surface area contributed by atoms with Crippen molar-refractivity contribution in [3.8, 4) is 0 Å². The summed E-state index contributed by atoms with van der Waals surface area (Å²) in [5.74, 6) is -1.18. The predicted molar refractivity (Wildman–Crippen MR) is 129 cm³/mol. The SMILES string of the molecule is CC1CC(C)(C)NC(CCC(Cl)(C[C@H]2O[C@@H](n3cc(F)c(=O)[nH]c3=O)C[C@@H]2O)CN(C)P(=O)(O)O)O1. The zero-order chi connectivity index (χ0) is 27.1. The van der Waals surface area contributed by atoms with E-state index >= 15 is 0 Å². The summed E-state index contributed by atoms with van der Waals surface area (Å²) < 4.78 is 39.0. The smallest absolute Gasteiger partial charge is 0.390 e. The van der Waals surface area contributed by atoms with E-state index in [2.05, 4.69) is 19.2 Å². The summed E-state index contributed by atoms with van der Waals surface area (Å²) in [4.78, 5) is 43.3. The Kier molecular flexibility index (Phi) is 8.92. The Balaban J connectivity index is 1.77. The molecule has 2 saturated heterocycles. The van der Waals surface area contributed by atoms with Gasteiger partial charge in [0.05, 0.1) is 29.4 Å². The number of nitrogens with one attached hydrogen (secondary N) is 2. The van der Waals surface area contributed by atoms with Crippen LogP contribution in [0.3, 0.4) is 0 Å². The first-order valence-electron chi connectivity index (χ1n) is 11.7. The van der Waals surface area contributed by atoms with Crippen LogP contribution in [0.15, 0.2) is 15.8 Å². The highest BCUT2D eigenvalue weighted by atomic mass is 35.5. The van der Waals surface area contributed by atoms with Gasteiger partial charge >= 0.3 is 13.4 Å². The molecular formula is C21H35ClFN4O8P. The lowest BCUT2D eigenvalue weighted by molar-refractivity contribution is -0.0927. The van der Waals surface area contributed by atoms with Crippen LogP contribution in [0, 0.1) is 5.82 Å². The molecule has 0 aromatic carbocycles. The minimum Gasteiger partial charge on any atom is -0.390 e. The molecule has 0 spiro atoms. The monoisotopic (exact) mass is 556 g/mol. The number of alkyl halides is 1. The van der Waals surface area contributed by atoms with Crippen molar-refractivity contribution in [2.45, 2.75) is 94.1 Å². The first-order chi connectivity index (χ1) is 16.5. The van der Waals surface area contributed by atoms with E-state index < -0.39 is 48.1 Å². The average Bonchev–Trinajstić information content (AvgIpc) is 3.06. The Morgan fingerprint density at radius 1 is 1.36 bits per heavy atom. The number of ether oxygens (including phenoxy) is 2. The van der Waals surface area contributed by atoms with Gasteiger partial charge in [0.25, 0.3) is 5.56 Å². The molecule has 206 valence electrons. The number of halogens is 2. The van der Waals surface area contributed by atoms with Crippen molar-refractivity contribution in [2.24, 2.45) is 0 Å². The Hall–Kier alpha value is -1.15. The largest absolute Gasteiger partial charge is 0.402 e. The third-order valence-electron chi connectivity index (χ3n) is 6.56. The van der Waals surface area contributed by atoms with Crippen LogP contribution in [-0.2, 0) is 14.0 Å². The van der Waals surface area contributed by atoms with Crippen LogP contribution in [0.1, 0.15) is 59.1 Å². The number of aliphatic hydroxyl groups is 1. The number of hydrogen-bond donors (Lipinski definition) is 5. The second kappa shape index (κ2) is 10.9. The van der Waals surface area contributed by atoms with E-state index in [-0.39, 0.29) is 43.7 Å². The molecule has 2 aliphatic heterocycles. The molecular weight excluding hydrogens is 522 g/mol. The molecule has 12 nitrogen and oxygen atoms in total. The van der Waals surface area contributed by atoms with Crippen molar-refractivity contribution < 1.29 is 33.3 Å². The lowest BCUT2D eigenvalue weighted by Crippen LogP contribution is -2.55. The summed E-state index contributed by atoms with van der Waals surface area (Å²) in [5.41, 5.74) is -2.23. The maximum atomic E-state index is 13.8. The second-order valence-electron chi connectivity index (χ2n) is 10.5. The summed E-state index contributed by atoms with van der Waals surface area (Å²) in [6.07, 6.45) is -1.32. The fraction of sp³-hybridized carbons (Fsp3) is 0.810. The first kappa shape index (κ1) is 29.4. The van der Waals surface area contributed by atoms with Crippen molar-refractivity contribution in [1.82, 2.24) is 19.5 Å². The highest BCUT2D eigenvalue weighted by molar-refractivity contribution is 7.49. The molecule has 2 aliphatic rings. The van der Waals surface area contributed by atoms with Gasteiger partial charge in [0.15, 0.2) is 0 Å². The third kappa shape index (κ3) is 7.46. The van der Waals surface area contributed by atoms with Gasteiger partial charge in [-0.15, -0.1) is 11.6 Å². The second-order valence-corrected chi connectivity index (χ2v) is 13.0. The van der Waals surface area contributed by atoms with Crippen molar-refractivity contribution in [3.63, 3.8) is 0 Å². The fourth-order valence-electron chi connectivity index (χ4n) is 4.96. The maximum Gasteiger partial charge on any atom is 0.402 e. The zero-order valence-electron chi connectivity index (χ0n) is 20.7. The number of aromatic nitrogens is 2. The summed E-state index contributed by atoms with van der Waals surface area (Å²) >= 11 is 6.95. The molecule has 6 atom stereocenters. The van der Waals surface area contributed by atoms with Gasteiger partial charge in [-0.25, -0.2) is 14.0 Å². The standard InChI is InChI=1S/C21H35ClFN4O8P/c1-12-8-20(2,3)25-16(34-12)5-6-21(22,11-26(4)36(31,32)33)9-15-14(28)7-17(35-15)27-10-13(23)18(29)24-19(27)30/h10,12,14-17,25,28H,5-9,11H2,1-4H3,(H,24,29,30)(H2,31,32,33)/t12?,14-,15+,16?,17+,21?/m0/s1. The molecule has 5 N–H and O–H groups in total. The lowest BCUT2D eigenvalue weighted by Gasteiger charge is -2.42. The van der Waals surface area contributed by atoms with Gasteiger partial charge in [-0.05, 0) is 53.5 Å². The van der Waals surface area contributed by atoms with E-state index in [0.717, 1.165) is 15.7 Å². The first-order valence-corrected chi connectivity index (χ1v) is 13.7. The molecule has 0 aliphatic carbocycles. The average molecular weight is 557 g/mol. The van der Waals surface area contributed by atoms with Crippen molar-refractivity contribution in [1.29, 1.82) is 0 Å².